The highest BCUT2D eigenvalue weighted by molar-refractivity contribution is 5.84. The van der Waals surface area contributed by atoms with Gasteiger partial charge in [0.25, 0.3) is 0 Å². The van der Waals surface area contributed by atoms with Gasteiger partial charge in [-0.2, -0.15) is 4.98 Å². The number of pyridine rings is 1. The quantitative estimate of drug-likeness (QED) is 0.563. The number of anilines is 1. The Hall–Kier alpha value is -3.33. The fraction of sp³-hybridized carbons (Fsp3) is 0.133. The number of hydrogen-bond donors (Lipinski definition) is 1. The van der Waals surface area contributed by atoms with Gasteiger partial charge in [-0.1, -0.05) is 18.2 Å². The second-order valence-electron chi connectivity index (χ2n) is 5.07. The van der Waals surface area contributed by atoms with Crippen LogP contribution < -0.4 is 10.2 Å². The van der Waals surface area contributed by atoms with E-state index in [1.807, 2.05) is 12.1 Å². The molecule has 0 saturated carbocycles. The van der Waals surface area contributed by atoms with Gasteiger partial charge in [0.15, 0.2) is 5.75 Å². The van der Waals surface area contributed by atoms with Gasteiger partial charge in [-0.3, -0.25) is 20.5 Å². The molecule has 122 valence electrons. The summed E-state index contributed by atoms with van der Waals surface area (Å²) in [6, 6.07) is 9.02. The van der Waals surface area contributed by atoms with Crippen molar-refractivity contribution in [2.75, 3.05) is 19.5 Å². The summed E-state index contributed by atoms with van der Waals surface area (Å²) in [5, 5.41) is 13.8. The van der Waals surface area contributed by atoms with Gasteiger partial charge in [0.1, 0.15) is 11.8 Å². The van der Waals surface area contributed by atoms with Crippen LogP contribution in [0, 0.1) is 10.1 Å². The highest BCUT2D eigenvalue weighted by Gasteiger charge is 2.26. The van der Waals surface area contributed by atoms with Crippen LogP contribution in [0.25, 0.3) is 10.9 Å². The molecule has 24 heavy (non-hydrogen) atoms. The zero-order chi connectivity index (χ0) is 17.1. The molecule has 0 atom stereocenters. The molecule has 0 saturated heterocycles. The van der Waals surface area contributed by atoms with Gasteiger partial charge in [0, 0.05) is 25.7 Å². The molecule has 9 heteroatoms. The van der Waals surface area contributed by atoms with Crippen LogP contribution in [0.1, 0.15) is 0 Å². The average Bonchev–Trinajstić information content (AvgIpc) is 2.54. The first-order chi connectivity index (χ1) is 11.6. The third-order valence-electron chi connectivity index (χ3n) is 3.10. The molecule has 2 heterocycles. The van der Waals surface area contributed by atoms with Crippen molar-refractivity contribution in [3.8, 4) is 11.6 Å². The first-order valence-electron chi connectivity index (χ1n) is 7.01. The summed E-state index contributed by atoms with van der Waals surface area (Å²) >= 11 is 0. The number of hydrazine groups is 1. The SMILES string of the molecule is CN(C)Nc1ncnc(Oc2cccc3cccnc23)c1[N+](=O)[O-]. The number of para-hydroxylation sites is 1. The number of benzene rings is 1. The topological polar surface area (TPSA) is 106 Å². The van der Waals surface area contributed by atoms with Crippen LogP contribution in [0.15, 0.2) is 42.9 Å². The normalized spacial score (nSPS) is 10.8. The van der Waals surface area contributed by atoms with E-state index >= 15 is 0 Å². The molecule has 0 aliphatic carbocycles. The third kappa shape index (κ3) is 3.06. The predicted octanol–water partition coefficient (Wildman–Crippen LogP) is 2.61. The molecule has 1 aromatic carbocycles. The van der Waals surface area contributed by atoms with E-state index in [2.05, 4.69) is 20.4 Å². The molecule has 2 aromatic heterocycles. The Balaban J connectivity index is 2.07. The molecule has 0 amide bonds. The van der Waals surface area contributed by atoms with E-state index in [1.165, 1.54) is 6.33 Å². The van der Waals surface area contributed by atoms with Crippen LogP contribution in [0.3, 0.4) is 0 Å². The van der Waals surface area contributed by atoms with Gasteiger partial charge < -0.3 is 4.74 Å². The van der Waals surface area contributed by atoms with E-state index in [-0.39, 0.29) is 17.4 Å². The summed E-state index contributed by atoms with van der Waals surface area (Å²) < 4.78 is 5.69. The van der Waals surface area contributed by atoms with Crippen molar-refractivity contribution in [1.29, 1.82) is 0 Å². The lowest BCUT2D eigenvalue weighted by atomic mass is 10.2. The number of nitrogens with one attached hydrogen (secondary N) is 1. The van der Waals surface area contributed by atoms with Gasteiger partial charge >= 0.3 is 11.6 Å². The van der Waals surface area contributed by atoms with E-state index in [1.54, 1.807) is 43.5 Å². The van der Waals surface area contributed by atoms with Crippen molar-refractivity contribution in [2.45, 2.75) is 0 Å². The molecule has 0 aliphatic rings. The first kappa shape index (κ1) is 15.6. The van der Waals surface area contributed by atoms with E-state index in [0.717, 1.165) is 5.39 Å². The molecule has 0 fully saturated rings. The van der Waals surface area contributed by atoms with Crippen molar-refractivity contribution >= 4 is 22.4 Å². The van der Waals surface area contributed by atoms with Crippen LogP contribution in [0.4, 0.5) is 11.5 Å². The molecule has 9 nitrogen and oxygen atoms in total. The highest BCUT2D eigenvalue weighted by atomic mass is 16.6. The van der Waals surface area contributed by atoms with Crippen LogP contribution >= 0.6 is 0 Å². The number of fused-ring (bicyclic) bond motifs is 1. The maximum absolute atomic E-state index is 11.4. The van der Waals surface area contributed by atoms with Gasteiger partial charge in [0.05, 0.1) is 4.92 Å². The van der Waals surface area contributed by atoms with Crippen molar-refractivity contribution in [1.82, 2.24) is 20.0 Å². The standard InChI is InChI=1S/C15H14N6O3/c1-20(2)19-14-13(21(22)23)15(18-9-17-14)24-11-7-3-5-10-6-4-8-16-12(10)11/h3-9H,1-2H3,(H,17,18,19). The van der Waals surface area contributed by atoms with E-state index < -0.39 is 4.92 Å². The molecule has 0 bridgehead atoms. The molecule has 3 rings (SSSR count). The lowest BCUT2D eigenvalue weighted by Crippen LogP contribution is -2.21. The van der Waals surface area contributed by atoms with Crippen LogP contribution in [-0.4, -0.2) is 39.0 Å². The average molecular weight is 326 g/mol. The Morgan fingerprint density at radius 1 is 1.17 bits per heavy atom. The maximum Gasteiger partial charge on any atom is 0.374 e. The summed E-state index contributed by atoms with van der Waals surface area (Å²) in [4.78, 5) is 22.9. The van der Waals surface area contributed by atoms with Gasteiger partial charge in [-0.25, -0.2) is 9.99 Å². The van der Waals surface area contributed by atoms with E-state index in [9.17, 15) is 10.1 Å². The highest BCUT2D eigenvalue weighted by Crippen LogP contribution is 2.35. The van der Waals surface area contributed by atoms with Gasteiger partial charge in [-0.05, 0) is 12.1 Å². The number of aromatic nitrogens is 3. The monoisotopic (exact) mass is 326 g/mol. The number of nitrogens with zero attached hydrogens (tertiary/aromatic N) is 5. The largest absolute Gasteiger partial charge is 0.431 e. The summed E-state index contributed by atoms with van der Waals surface area (Å²) in [7, 11) is 3.39. The lowest BCUT2D eigenvalue weighted by molar-refractivity contribution is -0.385. The molecule has 3 aromatic rings. The second kappa shape index (κ2) is 6.42. The number of rotatable bonds is 5. The minimum Gasteiger partial charge on any atom is -0.431 e. The smallest absolute Gasteiger partial charge is 0.374 e. The van der Waals surface area contributed by atoms with Crippen LogP contribution in [0.2, 0.25) is 0 Å². The Morgan fingerprint density at radius 3 is 2.71 bits per heavy atom. The number of ether oxygens (including phenoxy) is 1. The van der Waals surface area contributed by atoms with Crippen molar-refractivity contribution < 1.29 is 9.66 Å². The molecular weight excluding hydrogens is 312 g/mol. The summed E-state index contributed by atoms with van der Waals surface area (Å²) in [6.07, 6.45) is 2.83. The first-order valence-corrected chi connectivity index (χ1v) is 7.01. The molecule has 0 aliphatic heterocycles. The van der Waals surface area contributed by atoms with Crippen molar-refractivity contribution in [3.63, 3.8) is 0 Å². The molecule has 0 spiro atoms. The predicted molar refractivity (Wildman–Crippen MR) is 87.8 cm³/mol. The molecule has 1 N–H and O–H groups in total. The zero-order valence-corrected chi connectivity index (χ0v) is 13.0. The number of hydrogen-bond acceptors (Lipinski definition) is 8. The third-order valence-corrected chi connectivity index (χ3v) is 3.10. The Kier molecular flexibility index (Phi) is 4.17. The lowest BCUT2D eigenvalue weighted by Gasteiger charge is -2.13. The minimum absolute atomic E-state index is 0.0446. The van der Waals surface area contributed by atoms with Crippen LogP contribution in [0.5, 0.6) is 11.6 Å². The van der Waals surface area contributed by atoms with Crippen LogP contribution in [-0.2, 0) is 0 Å². The minimum atomic E-state index is -0.584. The van der Waals surface area contributed by atoms with Gasteiger partial charge in [0.2, 0.25) is 5.82 Å². The van der Waals surface area contributed by atoms with E-state index in [4.69, 9.17) is 4.74 Å². The van der Waals surface area contributed by atoms with Crippen molar-refractivity contribution in [3.05, 3.63) is 53.0 Å². The van der Waals surface area contributed by atoms with Crippen molar-refractivity contribution in [2.24, 2.45) is 0 Å². The van der Waals surface area contributed by atoms with Gasteiger partial charge in [-0.15, -0.1) is 0 Å². The summed E-state index contributed by atoms with van der Waals surface area (Å²) in [5.74, 6) is 0.270. The Labute approximate surface area is 137 Å². The fourth-order valence-corrected chi connectivity index (χ4v) is 2.16. The summed E-state index contributed by atoms with van der Waals surface area (Å²) in [6.45, 7) is 0. The molecule has 0 unspecified atom stereocenters. The fourth-order valence-electron chi connectivity index (χ4n) is 2.16. The van der Waals surface area contributed by atoms with E-state index in [0.29, 0.717) is 11.3 Å². The second-order valence-corrected chi connectivity index (χ2v) is 5.07. The Morgan fingerprint density at radius 2 is 1.96 bits per heavy atom. The maximum atomic E-state index is 11.4. The molecule has 0 radical (unpaired) electrons. The zero-order valence-electron chi connectivity index (χ0n) is 13.0. The number of nitro groups is 1. The summed E-state index contributed by atoms with van der Waals surface area (Å²) in [5.41, 5.74) is 3.01. The molecular formula is C15H14N6O3. The Bertz CT molecular complexity index is 894.